The number of para-hydroxylation sites is 1. The molecule has 0 aliphatic rings. The summed E-state index contributed by atoms with van der Waals surface area (Å²) in [6.07, 6.45) is 1.13. The van der Waals surface area contributed by atoms with E-state index >= 15 is 0 Å². The number of hydrogen-bond donors (Lipinski definition) is 2. The van der Waals surface area contributed by atoms with Gasteiger partial charge in [-0.15, -0.1) is 11.3 Å². The molecule has 1 amide bonds. The Morgan fingerprint density at radius 2 is 1.90 bits per heavy atom. The zero-order valence-corrected chi connectivity index (χ0v) is 17.4. The van der Waals surface area contributed by atoms with Crippen LogP contribution < -0.4 is 10.1 Å². The summed E-state index contributed by atoms with van der Waals surface area (Å²) in [5, 5.41) is 6.28. The number of carbonyl (C=O) groups excluding carboxylic acids is 1. The predicted molar refractivity (Wildman–Crippen MR) is 120 cm³/mol. The van der Waals surface area contributed by atoms with E-state index in [1.807, 2.05) is 36.4 Å². The Morgan fingerprint density at radius 3 is 2.62 bits per heavy atom. The minimum absolute atomic E-state index is 0.0729. The van der Waals surface area contributed by atoms with Crippen LogP contribution in [0.1, 0.15) is 22.4 Å². The quantitative estimate of drug-likeness (QED) is 0.430. The van der Waals surface area contributed by atoms with Crippen LogP contribution in [0.15, 0.2) is 60.0 Å². The normalized spacial score (nSPS) is 11.0. The van der Waals surface area contributed by atoms with E-state index < -0.39 is 0 Å². The fraction of sp³-hybridized carbons (Fsp3) is 0.208. The molecule has 2 aromatic carbocycles. The van der Waals surface area contributed by atoms with Crippen molar-refractivity contribution >= 4 is 28.1 Å². The third-order valence-corrected chi connectivity index (χ3v) is 6.23. The van der Waals surface area contributed by atoms with Gasteiger partial charge in [-0.1, -0.05) is 18.2 Å². The van der Waals surface area contributed by atoms with Gasteiger partial charge in [0.25, 0.3) is 0 Å². The molecule has 2 aromatic heterocycles. The van der Waals surface area contributed by atoms with Crippen molar-refractivity contribution in [1.82, 2.24) is 10.3 Å². The molecule has 4 rings (SSSR count). The highest BCUT2D eigenvalue weighted by molar-refractivity contribution is 7.10. The summed E-state index contributed by atoms with van der Waals surface area (Å²) in [5.74, 6) is 0.901. The van der Waals surface area contributed by atoms with Gasteiger partial charge in [0, 0.05) is 27.9 Å². The van der Waals surface area contributed by atoms with Gasteiger partial charge in [0.05, 0.1) is 13.7 Å². The highest BCUT2D eigenvalue weighted by Gasteiger charge is 2.15. The molecule has 0 aliphatic heterocycles. The number of amides is 1. The molecule has 0 bridgehead atoms. The third kappa shape index (κ3) is 4.20. The topological polar surface area (TPSA) is 54.1 Å². The average molecular weight is 405 g/mol. The Kier molecular flexibility index (Phi) is 5.67. The Bertz CT molecular complexity index is 1130. The number of fused-ring (bicyclic) bond motifs is 1. The smallest absolute Gasteiger partial charge is 0.220 e. The fourth-order valence-electron chi connectivity index (χ4n) is 3.55. The number of nitrogens with one attached hydrogen (secondary N) is 2. The van der Waals surface area contributed by atoms with E-state index in [2.05, 4.69) is 40.8 Å². The minimum atomic E-state index is 0.0729. The van der Waals surface area contributed by atoms with Crippen LogP contribution in [-0.4, -0.2) is 18.0 Å². The number of benzene rings is 2. The van der Waals surface area contributed by atoms with E-state index in [1.165, 1.54) is 21.4 Å². The minimum Gasteiger partial charge on any atom is -0.497 e. The molecule has 5 heteroatoms. The molecule has 0 spiro atoms. The van der Waals surface area contributed by atoms with Crippen molar-refractivity contribution in [3.63, 3.8) is 0 Å². The number of aromatic nitrogens is 1. The van der Waals surface area contributed by atoms with Gasteiger partial charge in [-0.3, -0.25) is 4.79 Å². The van der Waals surface area contributed by atoms with Gasteiger partial charge in [-0.25, -0.2) is 0 Å². The van der Waals surface area contributed by atoms with Crippen molar-refractivity contribution < 1.29 is 9.53 Å². The number of H-pyrrole nitrogens is 1. The van der Waals surface area contributed by atoms with Crippen molar-refractivity contribution in [3.8, 4) is 17.0 Å². The van der Waals surface area contributed by atoms with Gasteiger partial charge in [-0.2, -0.15) is 0 Å². The van der Waals surface area contributed by atoms with Crippen LogP contribution in [0.2, 0.25) is 0 Å². The number of thiophene rings is 1. The molecule has 2 N–H and O–H groups in total. The highest BCUT2D eigenvalue weighted by Crippen LogP contribution is 2.32. The molecule has 0 radical (unpaired) electrons. The zero-order valence-electron chi connectivity index (χ0n) is 16.6. The average Bonchev–Trinajstić information content (AvgIpc) is 3.34. The lowest BCUT2D eigenvalue weighted by Crippen LogP contribution is -2.22. The molecule has 0 atom stereocenters. The molecular formula is C24H24N2O2S. The summed E-state index contributed by atoms with van der Waals surface area (Å²) in [5.41, 5.74) is 5.65. The van der Waals surface area contributed by atoms with Crippen LogP contribution in [0.25, 0.3) is 22.2 Å². The van der Waals surface area contributed by atoms with Crippen LogP contribution in [0, 0.1) is 6.92 Å². The number of aryl methyl sites for hydroxylation is 2. The molecule has 0 fully saturated rings. The van der Waals surface area contributed by atoms with Crippen molar-refractivity contribution in [1.29, 1.82) is 0 Å². The summed E-state index contributed by atoms with van der Waals surface area (Å²) in [6, 6.07) is 18.3. The van der Waals surface area contributed by atoms with Crippen LogP contribution in [0.4, 0.5) is 0 Å². The third-order valence-electron chi connectivity index (χ3n) is 5.21. The van der Waals surface area contributed by atoms with E-state index in [0.717, 1.165) is 22.5 Å². The maximum Gasteiger partial charge on any atom is 0.220 e. The first-order chi connectivity index (χ1) is 14.2. The molecule has 148 valence electrons. The largest absolute Gasteiger partial charge is 0.497 e. The van der Waals surface area contributed by atoms with Gasteiger partial charge in [0.15, 0.2) is 0 Å². The van der Waals surface area contributed by atoms with E-state index in [9.17, 15) is 4.79 Å². The number of ether oxygens (including phenoxy) is 1. The van der Waals surface area contributed by atoms with Crippen molar-refractivity contribution in [2.75, 3.05) is 7.11 Å². The Labute approximate surface area is 174 Å². The lowest BCUT2D eigenvalue weighted by atomic mass is 10.0. The van der Waals surface area contributed by atoms with Crippen molar-refractivity contribution in [2.45, 2.75) is 26.3 Å². The molecule has 29 heavy (non-hydrogen) atoms. The molecular weight excluding hydrogens is 380 g/mol. The first-order valence-electron chi connectivity index (χ1n) is 9.69. The summed E-state index contributed by atoms with van der Waals surface area (Å²) in [6.45, 7) is 2.67. The van der Waals surface area contributed by atoms with E-state index in [-0.39, 0.29) is 5.91 Å². The van der Waals surface area contributed by atoms with E-state index in [1.54, 1.807) is 18.4 Å². The number of carbonyl (C=O) groups is 1. The Hall–Kier alpha value is -3.05. The SMILES string of the molecule is COc1ccc(-c2[nH]c3ccccc3c2CCC(=O)NCc2sccc2C)cc1. The fourth-order valence-corrected chi connectivity index (χ4v) is 4.40. The number of methoxy groups -OCH3 is 1. The standard InChI is InChI=1S/C24H24N2O2S/c1-16-13-14-29-22(16)15-25-23(27)12-11-20-19-5-3-4-6-21(19)26-24(20)17-7-9-18(28-2)10-8-17/h3-10,13-14,26H,11-12,15H2,1-2H3,(H,25,27). The number of aromatic amines is 1. The second-order valence-corrected chi connectivity index (χ2v) is 8.06. The molecule has 0 saturated carbocycles. The molecule has 4 nitrogen and oxygen atoms in total. The first kappa shape index (κ1) is 19.3. The summed E-state index contributed by atoms with van der Waals surface area (Å²) < 4.78 is 5.28. The van der Waals surface area contributed by atoms with Crippen LogP contribution in [0.3, 0.4) is 0 Å². The molecule has 0 unspecified atom stereocenters. The number of rotatable bonds is 7. The lowest BCUT2D eigenvalue weighted by Gasteiger charge is -2.08. The summed E-state index contributed by atoms with van der Waals surface area (Å²) in [4.78, 5) is 17.2. The van der Waals surface area contributed by atoms with Crippen LogP contribution in [-0.2, 0) is 17.8 Å². The number of hydrogen-bond acceptors (Lipinski definition) is 3. The van der Waals surface area contributed by atoms with Gasteiger partial charge in [-0.05, 0) is 71.8 Å². The molecule has 2 heterocycles. The zero-order chi connectivity index (χ0) is 20.2. The van der Waals surface area contributed by atoms with Crippen LogP contribution >= 0.6 is 11.3 Å². The summed E-state index contributed by atoms with van der Waals surface area (Å²) in [7, 11) is 1.67. The van der Waals surface area contributed by atoms with Gasteiger partial charge in [0.2, 0.25) is 5.91 Å². The van der Waals surface area contributed by atoms with Crippen molar-refractivity contribution in [2.24, 2.45) is 0 Å². The van der Waals surface area contributed by atoms with Gasteiger partial charge < -0.3 is 15.0 Å². The van der Waals surface area contributed by atoms with Crippen LogP contribution in [0.5, 0.6) is 5.75 Å². The maximum atomic E-state index is 12.5. The molecule has 0 saturated heterocycles. The van der Waals surface area contributed by atoms with Crippen molar-refractivity contribution in [3.05, 3.63) is 76.0 Å². The highest BCUT2D eigenvalue weighted by atomic mass is 32.1. The molecule has 0 aliphatic carbocycles. The lowest BCUT2D eigenvalue weighted by molar-refractivity contribution is -0.121. The monoisotopic (exact) mass is 404 g/mol. The van der Waals surface area contributed by atoms with E-state index in [0.29, 0.717) is 19.4 Å². The summed E-state index contributed by atoms with van der Waals surface area (Å²) >= 11 is 1.68. The van der Waals surface area contributed by atoms with Gasteiger partial charge in [0.1, 0.15) is 5.75 Å². The van der Waals surface area contributed by atoms with Gasteiger partial charge >= 0.3 is 0 Å². The second-order valence-electron chi connectivity index (χ2n) is 7.06. The Morgan fingerprint density at radius 1 is 1.10 bits per heavy atom. The Balaban J connectivity index is 1.54. The predicted octanol–water partition coefficient (Wildman–Crippen LogP) is 5.46. The first-order valence-corrected chi connectivity index (χ1v) is 10.6. The van der Waals surface area contributed by atoms with E-state index in [4.69, 9.17) is 4.74 Å². The second kappa shape index (κ2) is 8.53. The molecule has 4 aromatic rings. The maximum absolute atomic E-state index is 12.5.